The molecule has 0 saturated carbocycles. The quantitative estimate of drug-likeness (QED) is 0.783. The third-order valence-corrected chi connectivity index (χ3v) is 2.70. The molecule has 2 aromatic heterocycles. The number of hydrogen-bond donors (Lipinski definition) is 0. The lowest BCUT2D eigenvalue weighted by molar-refractivity contribution is 0.802. The summed E-state index contributed by atoms with van der Waals surface area (Å²) in [5.74, 6) is 2.42. The maximum Gasteiger partial charge on any atom is 0.155 e. The number of aryl methyl sites for hydroxylation is 2. The molecule has 0 amide bonds. The molecule has 0 aliphatic carbocycles. The first-order chi connectivity index (χ1) is 7.20. The molecule has 0 bridgehead atoms. The molecule has 0 aromatic carbocycles. The highest BCUT2D eigenvalue weighted by Crippen LogP contribution is 2.09. The van der Waals surface area contributed by atoms with E-state index in [1.807, 2.05) is 32.2 Å². The molecule has 2 heterocycles. The summed E-state index contributed by atoms with van der Waals surface area (Å²) < 4.78 is 1.74. The summed E-state index contributed by atoms with van der Waals surface area (Å²) in [6, 6.07) is 3.96. The van der Waals surface area contributed by atoms with Gasteiger partial charge < -0.3 is 0 Å². The van der Waals surface area contributed by atoms with Gasteiger partial charge in [-0.2, -0.15) is 4.68 Å². The van der Waals surface area contributed by atoms with Crippen LogP contribution in [0.4, 0.5) is 0 Å². The number of alkyl halides is 1. The third kappa shape index (κ3) is 2.07. The van der Waals surface area contributed by atoms with Gasteiger partial charge in [-0.05, 0) is 25.5 Å². The molecule has 15 heavy (non-hydrogen) atoms. The summed E-state index contributed by atoms with van der Waals surface area (Å²) in [4.78, 5) is 8.56. The number of pyridine rings is 1. The highest BCUT2D eigenvalue weighted by atomic mass is 79.9. The Kier molecular flexibility index (Phi) is 2.81. The molecular weight excluding hydrogens is 256 g/mol. The van der Waals surface area contributed by atoms with Crippen molar-refractivity contribution >= 4 is 15.9 Å². The van der Waals surface area contributed by atoms with Crippen molar-refractivity contribution in [1.29, 1.82) is 0 Å². The van der Waals surface area contributed by atoms with E-state index in [0.29, 0.717) is 0 Å². The highest BCUT2D eigenvalue weighted by molar-refractivity contribution is 9.08. The van der Waals surface area contributed by atoms with Gasteiger partial charge >= 0.3 is 0 Å². The number of rotatable bonds is 2. The van der Waals surface area contributed by atoms with Crippen LogP contribution >= 0.6 is 15.9 Å². The van der Waals surface area contributed by atoms with Gasteiger partial charge in [0.2, 0.25) is 0 Å². The Morgan fingerprint density at radius 2 is 2.13 bits per heavy atom. The van der Waals surface area contributed by atoms with Crippen LogP contribution in [0.25, 0.3) is 5.82 Å². The Labute approximate surface area is 96.5 Å². The molecule has 0 spiro atoms. The molecule has 4 nitrogen and oxygen atoms in total. The molecular formula is C10H11BrN4. The van der Waals surface area contributed by atoms with Crippen molar-refractivity contribution in [2.75, 3.05) is 0 Å². The number of nitrogens with zero attached hydrogens (tertiary/aromatic N) is 4. The molecule has 0 aliphatic heterocycles. The van der Waals surface area contributed by atoms with Gasteiger partial charge in [0.1, 0.15) is 11.6 Å². The molecule has 0 saturated heterocycles. The molecule has 0 atom stereocenters. The van der Waals surface area contributed by atoms with Gasteiger partial charge in [-0.1, -0.05) is 22.0 Å². The minimum atomic E-state index is 0.763. The molecule has 5 heteroatoms. The topological polar surface area (TPSA) is 43.6 Å². The molecule has 0 fully saturated rings. The number of hydrogen-bond acceptors (Lipinski definition) is 3. The van der Waals surface area contributed by atoms with Gasteiger partial charge in [0.15, 0.2) is 5.82 Å². The average molecular weight is 267 g/mol. The molecule has 2 aromatic rings. The molecule has 78 valence electrons. The standard InChI is InChI=1S/C10H11BrN4/c1-7-13-8(2)15(14-7)10-4-3-9(5-11)6-12-10/h3-4,6H,5H2,1-2H3. The SMILES string of the molecule is Cc1nc(C)n(-c2ccc(CBr)cn2)n1. The first kappa shape index (κ1) is 10.3. The van der Waals surface area contributed by atoms with E-state index >= 15 is 0 Å². The molecule has 2 rings (SSSR count). The van der Waals surface area contributed by atoms with E-state index in [0.717, 1.165) is 28.4 Å². The average Bonchev–Trinajstić information content (AvgIpc) is 2.58. The van der Waals surface area contributed by atoms with Crippen molar-refractivity contribution in [3.05, 3.63) is 35.5 Å². The van der Waals surface area contributed by atoms with E-state index in [1.165, 1.54) is 0 Å². The van der Waals surface area contributed by atoms with Crippen LogP contribution in [-0.2, 0) is 5.33 Å². The fourth-order valence-electron chi connectivity index (χ4n) is 1.36. The minimum absolute atomic E-state index is 0.763. The second kappa shape index (κ2) is 4.10. The van der Waals surface area contributed by atoms with Gasteiger partial charge in [0, 0.05) is 11.5 Å². The van der Waals surface area contributed by atoms with E-state index in [4.69, 9.17) is 0 Å². The molecule has 0 unspecified atom stereocenters. The van der Waals surface area contributed by atoms with E-state index in [1.54, 1.807) is 4.68 Å². The second-order valence-electron chi connectivity index (χ2n) is 3.28. The summed E-state index contributed by atoms with van der Waals surface area (Å²) in [6.07, 6.45) is 1.83. The van der Waals surface area contributed by atoms with Crippen LogP contribution in [0.2, 0.25) is 0 Å². The summed E-state index contributed by atoms with van der Waals surface area (Å²) in [7, 11) is 0. The molecule has 0 radical (unpaired) electrons. The monoisotopic (exact) mass is 266 g/mol. The highest BCUT2D eigenvalue weighted by Gasteiger charge is 2.05. The first-order valence-corrected chi connectivity index (χ1v) is 5.74. The number of halogens is 1. The van der Waals surface area contributed by atoms with E-state index in [9.17, 15) is 0 Å². The molecule has 0 aliphatic rings. The van der Waals surface area contributed by atoms with Crippen LogP contribution in [-0.4, -0.2) is 19.7 Å². The van der Waals surface area contributed by atoms with Crippen molar-refractivity contribution in [3.63, 3.8) is 0 Å². The van der Waals surface area contributed by atoms with Gasteiger partial charge in [0.25, 0.3) is 0 Å². The fourth-order valence-corrected chi connectivity index (χ4v) is 1.69. The van der Waals surface area contributed by atoms with E-state index in [-0.39, 0.29) is 0 Å². The van der Waals surface area contributed by atoms with Crippen LogP contribution in [0.1, 0.15) is 17.2 Å². The van der Waals surface area contributed by atoms with Gasteiger partial charge in [0.05, 0.1) is 0 Å². The first-order valence-electron chi connectivity index (χ1n) is 4.62. The Morgan fingerprint density at radius 1 is 1.33 bits per heavy atom. The number of aromatic nitrogens is 4. The van der Waals surface area contributed by atoms with Gasteiger partial charge in [-0.3, -0.25) is 0 Å². The van der Waals surface area contributed by atoms with Crippen molar-refractivity contribution < 1.29 is 0 Å². The predicted molar refractivity (Wildman–Crippen MR) is 61.3 cm³/mol. The van der Waals surface area contributed by atoms with Crippen molar-refractivity contribution in [1.82, 2.24) is 19.7 Å². The zero-order chi connectivity index (χ0) is 10.8. The predicted octanol–water partition coefficient (Wildman–Crippen LogP) is 2.17. The van der Waals surface area contributed by atoms with E-state index in [2.05, 4.69) is 31.0 Å². The summed E-state index contributed by atoms with van der Waals surface area (Å²) in [5.41, 5.74) is 1.15. The van der Waals surface area contributed by atoms with Crippen LogP contribution in [0.3, 0.4) is 0 Å². The van der Waals surface area contributed by atoms with Crippen LogP contribution < -0.4 is 0 Å². The van der Waals surface area contributed by atoms with Gasteiger partial charge in [-0.25, -0.2) is 9.97 Å². The molecule has 0 N–H and O–H groups in total. The largest absolute Gasteiger partial charge is 0.237 e. The summed E-state index contributed by atoms with van der Waals surface area (Å²) in [5, 5.41) is 5.08. The van der Waals surface area contributed by atoms with Crippen molar-refractivity contribution in [2.24, 2.45) is 0 Å². The van der Waals surface area contributed by atoms with Crippen LogP contribution in [0, 0.1) is 13.8 Å². The summed E-state index contributed by atoms with van der Waals surface area (Å²) in [6.45, 7) is 3.79. The van der Waals surface area contributed by atoms with Crippen molar-refractivity contribution in [3.8, 4) is 5.82 Å². The Morgan fingerprint density at radius 3 is 2.60 bits per heavy atom. The lowest BCUT2D eigenvalue weighted by Gasteiger charge is -2.02. The van der Waals surface area contributed by atoms with Crippen molar-refractivity contribution in [2.45, 2.75) is 19.2 Å². The summed E-state index contributed by atoms with van der Waals surface area (Å²) >= 11 is 3.38. The zero-order valence-electron chi connectivity index (χ0n) is 8.61. The minimum Gasteiger partial charge on any atom is -0.237 e. The Balaban J connectivity index is 2.41. The fraction of sp³-hybridized carbons (Fsp3) is 0.300. The maximum absolute atomic E-state index is 4.32. The maximum atomic E-state index is 4.32. The normalized spacial score (nSPS) is 10.6. The Hall–Kier alpha value is -1.23. The lowest BCUT2D eigenvalue weighted by atomic mass is 10.3. The van der Waals surface area contributed by atoms with Crippen LogP contribution in [0.5, 0.6) is 0 Å². The smallest absolute Gasteiger partial charge is 0.155 e. The van der Waals surface area contributed by atoms with Crippen LogP contribution in [0.15, 0.2) is 18.3 Å². The lowest BCUT2D eigenvalue weighted by Crippen LogP contribution is -2.02. The zero-order valence-corrected chi connectivity index (χ0v) is 10.2. The second-order valence-corrected chi connectivity index (χ2v) is 3.84. The van der Waals surface area contributed by atoms with Gasteiger partial charge in [-0.15, -0.1) is 5.10 Å². The Bertz CT molecular complexity index is 461. The third-order valence-electron chi connectivity index (χ3n) is 2.06. The van der Waals surface area contributed by atoms with E-state index < -0.39 is 0 Å².